The number of nitrogens with zero attached hydrogens (tertiary/aromatic N) is 4. The van der Waals surface area contributed by atoms with Crippen molar-refractivity contribution in [2.24, 2.45) is 14.1 Å². The second-order valence-corrected chi connectivity index (χ2v) is 7.37. The van der Waals surface area contributed by atoms with Gasteiger partial charge in [-0.15, -0.1) is 0 Å². The van der Waals surface area contributed by atoms with Crippen molar-refractivity contribution in [3.63, 3.8) is 0 Å². The summed E-state index contributed by atoms with van der Waals surface area (Å²) in [6.45, 7) is 5.77. The molecule has 0 unspecified atom stereocenters. The van der Waals surface area contributed by atoms with E-state index in [0.29, 0.717) is 11.6 Å². The molecule has 8 heteroatoms. The third kappa shape index (κ3) is 3.49. The highest BCUT2D eigenvalue weighted by Gasteiger charge is 2.18. The lowest BCUT2D eigenvalue weighted by Crippen LogP contribution is -2.43. The van der Waals surface area contributed by atoms with Gasteiger partial charge in [0.05, 0.1) is 12.4 Å². The fourth-order valence-electron chi connectivity index (χ4n) is 3.22. The highest BCUT2D eigenvalue weighted by atomic mass is 16.2. The van der Waals surface area contributed by atoms with Crippen LogP contribution in [-0.4, -0.2) is 24.6 Å². The van der Waals surface area contributed by atoms with Crippen LogP contribution >= 0.6 is 0 Å². The van der Waals surface area contributed by atoms with E-state index in [-0.39, 0.29) is 18.1 Å². The van der Waals surface area contributed by atoms with Crippen LogP contribution in [0.15, 0.2) is 40.2 Å². The molecule has 1 aromatic carbocycles. The summed E-state index contributed by atoms with van der Waals surface area (Å²) in [5.41, 5.74) is 1.67. The van der Waals surface area contributed by atoms with Crippen molar-refractivity contribution in [3.05, 3.63) is 62.6 Å². The maximum absolute atomic E-state index is 12.7. The Morgan fingerprint density at radius 2 is 1.68 bits per heavy atom. The monoisotopic (exact) mass is 383 g/mol. The first-order chi connectivity index (χ1) is 13.2. The molecule has 0 saturated carbocycles. The van der Waals surface area contributed by atoms with Crippen LogP contribution in [0, 0.1) is 0 Å². The highest BCUT2D eigenvalue weighted by Crippen LogP contribution is 2.18. The Bertz CT molecular complexity index is 1140. The van der Waals surface area contributed by atoms with Gasteiger partial charge < -0.3 is 9.88 Å². The predicted octanol–water partition coefficient (Wildman–Crippen LogP) is 1.43. The van der Waals surface area contributed by atoms with Gasteiger partial charge in [0.25, 0.3) is 5.56 Å². The average molecular weight is 383 g/mol. The number of aryl methyl sites for hydroxylation is 2. The topological polar surface area (TPSA) is 90.9 Å². The molecule has 8 nitrogen and oxygen atoms in total. The Morgan fingerprint density at radius 1 is 1.07 bits per heavy atom. The van der Waals surface area contributed by atoms with Gasteiger partial charge in [0.1, 0.15) is 6.54 Å². The summed E-state index contributed by atoms with van der Waals surface area (Å²) in [4.78, 5) is 41.8. The van der Waals surface area contributed by atoms with Crippen LogP contribution in [0.3, 0.4) is 0 Å². The van der Waals surface area contributed by atoms with E-state index < -0.39 is 17.2 Å². The summed E-state index contributed by atoms with van der Waals surface area (Å²) in [6, 6.07) is 7.80. The van der Waals surface area contributed by atoms with E-state index in [1.807, 2.05) is 31.2 Å². The molecular weight excluding hydrogens is 358 g/mol. The highest BCUT2D eigenvalue weighted by molar-refractivity contribution is 5.77. The van der Waals surface area contributed by atoms with E-state index >= 15 is 0 Å². The van der Waals surface area contributed by atoms with Gasteiger partial charge in [-0.05, 0) is 24.0 Å². The largest absolute Gasteiger partial charge is 0.348 e. The van der Waals surface area contributed by atoms with Crippen LogP contribution in [0.4, 0.5) is 0 Å². The maximum atomic E-state index is 12.7. The molecule has 148 valence electrons. The molecule has 0 bridgehead atoms. The van der Waals surface area contributed by atoms with Crippen LogP contribution in [-0.2, 0) is 25.4 Å². The zero-order chi connectivity index (χ0) is 20.6. The molecule has 28 heavy (non-hydrogen) atoms. The van der Waals surface area contributed by atoms with E-state index in [0.717, 1.165) is 10.1 Å². The minimum atomic E-state index is -0.569. The Morgan fingerprint density at radius 3 is 2.29 bits per heavy atom. The number of hydrogen-bond donors (Lipinski definition) is 1. The summed E-state index contributed by atoms with van der Waals surface area (Å²) in [6.07, 6.45) is 1.47. The average Bonchev–Trinajstić information content (AvgIpc) is 3.05. The van der Waals surface area contributed by atoms with Gasteiger partial charge in [0.2, 0.25) is 5.91 Å². The molecule has 0 spiro atoms. The molecule has 1 N–H and O–H groups in total. The Kier molecular flexibility index (Phi) is 5.22. The Labute approximate surface area is 162 Å². The number of carbonyl (C=O) groups is 1. The second kappa shape index (κ2) is 7.46. The van der Waals surface area contributed by atoms with Crippen molar-refractivity contribution in [1.82, 2.24) is 24.0 Å². The Balaban J connectivity index is 1.82. The lowest BCUT2D eigenvalue weighted by molar-refractivity contribution is -0.122. The molecule has 0 aliphatic rings. The molecule has 1 amide bonds. The maximum Gasteiger partial charge on any atom is 0.332 e. The van der Waals surface area contributed by atoms with Crippen LogP contribution in [0.25, 0.3) is 11.2 Å². The molecule has 0 saturated heterocycles. The number of amides is 1. The fourth-order valence-corrected chi connectivity index (χ4v) is 3.22. The quantitative estimate of drug-likeness (QED) is 0.722. The van der Waals surface area contributed by atoms with Crippen molar-refractivity contribution in [2.45, 2.75) is 39.3 Å². The zero-order valence-electron chi connectivity index (χ0n) is 16.8. The Hall–Kier alpha value is -3.16. The second-order valence-electron chi connectivity index (χ2n) is 7.37. The van der Waals surface area contributed by atoms with Crippen LogP contribution in [0.5, 0.6) is 0 Å². The number of rotatable bonds is 5. The summed E-state index contributed by atoms with van der Waals surface area (Å²) >= 11 is 0. The first-order valence-corrected chi connectivity index (χ1v) is 9.20. The van der Waals surface area contributed by atoms with Crippen molar-refractivity contribution in [2.75, 3.05) is 0 Å². The minimum absolute atomic E-state index is 0.242. The zero-order valence-corrected chi connectivity index (χ0v) is 16.8. The van der Waals surface area contributed by atoms with E-state index in [1.165, 1.54) is 23.5 Å². The number of aromatic nitrogens is 4. The van der Waals surface area contributed by atoms with E-state index in [4.69, 9.17) is 0 Å². The van der Waals surface area contributed by atoms with Crippen molar-refractivity contribution in [1.29, 1.82) is 0 Å². The van der Waals surface area contributed by atoms with Gasteiger partial charge in [0, 0.05) is 14.1 Å². The lowest BCUT2D eigenvalue weighted by atomic mass is 9.99. The molecule has 2 aromatic heterocycles. The van der Waals surface area contributed by atoms with Crippen molar-refractivity contribution in [3.8, 4) is 0 Å². The summed E-state index contributed by atoms with van der Waals surface area (Å²) in [7, 11) is 3.21. The van der Waals surface area contributed by atoms with Gasteiger partial charge in [-0.2, -0.15) is 0 Å². The van der Waals surface area contributed by atoms with Crippen LogP contribution < -0.4 is 16.6 Å². The van der Waals surface area contributed by atoms with Gasteiger partial charge in [-0.1, -0.05) is 38.1 Å². The summed E-state index contributed by atoms with van der Waals surface area (Å²) in [5.74, 6) is 0.0325. The van der Waals surface area contributed by atoms with Gasteiger partial charge in [-0.3, -0.25) is 14.2 Å². The van der Waals surface area contributed by atoms with Crippen molar-refractivity contribution >= 4 is 17.1 Å². The van der Waals surface area contributed by atoms with E-state index in [2.05, 4.69) is 24.1 Å². The number of benzene rings is 1. The van der Waals surface area contributed by atoms with E-state index in [1.54, 1.807) is 11.6 Å². The molecule has 0 radical (unpaired) electrons. The normalized spacial score (nSPS) is 12.5. The van der Waals surface area contributed by atoms with Gasteiger partial charge >= 0.3 is 5.69 Å². The number of hydrogen-bond acceptors (Lipinski definition) is 4. The number of fused-ring (bicyclic) bond motifs is 1. The molecule has 0 aliphatic carbocycles. The first-order valence-electron chi connectivity index (χ1n) is 9.20. The smallest absolute Gasteiger partial charge is 0.332 e. The SMILES string of the molecule is CC(C)c1ccc([C@H](C)NC(=O)Cn2c(=O)c3c(ncn3C)n(C)c2=O)cc1. The number of carbonyl (C=O) groups excluding carboxylic acids is 1. The third-order valence-electron chi connectivity index (χ3n) is 4.98. The molecule has 0 aliphatic heterocycles. The summed E-state index contributed by atoms with van der Waals surface area (Å²) < 4.78 is 3.76. The predicted molar refractivity (Wildman–Crippen MR) is 107 cm³/mol. The van der Waals surface area contributed by atoms with Gasteiger partial charge in [-0.25, -0.2) is 14.3 Å². The summed E-state index contributed by atoms with van der Waals surface area (Å²) in [5, 5.41) is 2.85. The van der Waals surface area contributed by atoms with Crippen molar-refractivity contribution < 1.29 is 4.79 Å². The number of nitrogens with one attached hydrogen (secondary N) is 1. The molecule has 2 heterocycles. The molecule has 3 rings (SSSR count). The van der Waals surface area contributed by atoms with Crippen LogP contribution in [0.2, 0.25) is 0 Å². The molecule has 1 atom stereocenters. The van der Waals surface area contributed by atoms with Crippen LogP contribution in [0.1, 0.15) is 43.9 Å². The minimum Gasteiger partial charge on any atom is -0.348 e. The first kappa shape index (κ1) is 19.6. The molecule has 3 aromatic rings. The van der Waals surface area contributed by atoms with E-state index in [9.17, 15) is 14.4 Å². The lowest BCUT2D eigenvalue weighted by Gasteiger charge is -2.16. The molecular formula is C20H25N5O3. The standard InChI is InChI=1S/C20H25N5O3/c1-12(2)14-6-8-15(9-7-14)13(3)22-16(26)10-25-19(27)17-18(21-11-23(17)4)24(5)20(25)28/h6-9,11-13H,10H2,1-5H3,(H,22,26)/t13-/m0/s1. The molecule has 0 fully saturated rings. The van der Waals surface area contributed by atoms with Gasteiger partial charge in [0.15, 0.2) is 11.2 Å². The number of imidazole rings is 1. The third-order valence-corrected chi connectivity index (χ3v) is 4.98. The fraction of sp³-hybridized carbons (Fsp3) is 0.400.